The van der Waals surface area contributed by atoms with E-state index in [9.17, 15) is 0 Å². The zero-order valence-electron chi connectivity index (χ0n) is 11.9. The van der Waals surface area contributed by atoms with E-state index in [0.717, 1.165) is 12.0 Å². The first kappa shape index (κ1) is 15.5. The highest BCUT2D eigenvalue weighted by atomic mass is 14.2. The van der Waals surface area contributed by atoms with Gasteiger partial charge in [0.1, 0.15) is 0 Å². The van der Waals surface area contributed by atoms with Crippen molar-refractivity contribution in [1.29, 1.82) is 5.26 Å². The molecule has 1 aromatic carbocycles. The van der Waals surface area contributed by atoms with Crippen LogP contribution in [0.15, 0.2) is 17.7 Å². The van der Waals surface area contributed by atoms with Gasteiger partial charge in [-0.1, -0.05) is 32.9 Å². The summed E-state index contributed by atoms with van der Waals surface area (Å²) in [6.07, 6.45) is 2.81. The second-order valence-electron chi connectivity index (χ2n) is 3.87. The minimum atomic E-state index is 0.795. The van der Waals surface area contributed by atoms with Gasteiger partial charge in [0.05, 0.1) is 6.07 Å². The van der Waals surface area contributed by atoms with Crippen molar-refractivity contribution < 1.29 is 0 Å². The molecule has 1 nitrogen and oxygen atoms in total. The molecular formula is C16H23N. The van der Waals surface area contributed by atoms with E-state index in [1.54, 1.807) is 0 Å². The van der Waals surface area contributed by atoms with Crippen molar-refractivity contribution in [2.24, 2.45) is 0 Å². The van der Waals surface area contributed by atoms with Crippen LogP contribution in [0.25, 0.3) is 6.08 Å². The fraction of sp³-hybridized carbons (Fsp3) is 0.438. The van der Waals surface area contributed by atoms with E-state index in [-0.39, 0.29) is 0 Å². The molecule has 92 valence electrons. The predicted octanol–water partition coefficient (Wildman–Crippen LogP) is 4.96. The van der Waals surface area contributed by atoms with Gasteiger partial charge in [0.15, 0.2) is 0 Å². The molecule has 0 saturated carbocycles. The summed E-state index contributed by atoms with van der Waals surface area (Å²) in [5.74, 6) is 0. The van der Waals surface area contributed by atoms with Crippen molar-refractivity contribution in [2.75, 3.05) is 0 Å². The molecule has 0 atom stereocenters. The van der Waals surface area contributed by atoms with E-state index in [4.69, 9.17) is 5.26 Å². The van der Waals surface area contributed by atoms with Crippen molar-refractivity contribution in [3.63, 3.8) is 0 Å². The molecular weight excluding hydrogens is 206 g/mol. The van der Waals surface area contributed by atoms with Crippen molar-refractivity contribution in [1.82, 2.24) is 0 Å². The Morgan fingerprint density at radius 3 is 2.18 bits per heavy atom. The Hall–Kier alpha value is -1.55. The molecule has 0 spiro atoms. The first-order valence-electron chi connectivity index (χ1n) is 6.27. The average Bonchev–Trinajstić information content (AvgIpc) is 2.37. The van der Waals surface area contributed by atoms with E-state index >= 15 is 0 Å². The number of nitriles is 1. The summed E-state index contributed by atoms with van der Waals surface area (Å²) >= 11 is 0. The number of benzene rings is 1. The predicted molar refractivity (Wildman–Crippen MR) is 75.9 cm³/mol. The Kier molecular flexibility index (Phi) is 6.98. The van der Waals surface area contributed by atoms with Crippen LogP contribution in [0, 0.1) is 32.1 Å². The molecule has 0 saturated heterocycles. The Labute approximate surface area is 106 Å². The van der Waals surface area contributed by atoms with Crippen LogP contribution in [0.1, 0.15) is 49.4 Å². The van der Waals surface area contributed by atoms with Crippen molar-refractivity contribution in [3.05, 3.63) is 40.0 Å². The monoisotopic (exact) mass is 229 g/mol. The molecule has 0 unspecified atom stereocenters. The summed E-state index contributed by atoms with van der Waals surface area (Å²) < 4.78 is 0. The topological polar surface area (TPSA) is 23.8 Å². The number of hydrogen-bond acceptors (Lipinski definition) is 1. The third-order valence-corrected chi connectivity index (χ3v) is 2.85. The van der Waals surface area contributed by atoms with Gasteiger partial charge in [0, 0.05) is 5.57 Å². The zero-order valence-corrected chi connectivity index (χ0v) is 11.9. The van der Waals surface area contributed by atoms with E-state index in [0.29, 0.717) is 0 Å². The molecule has 0 heterocycles. The molecule has 0 N–H and O–H groups in total. The molecule has 0 aliphatic rings. The molecule has 0 radical (unpaired) electrons. The molecule has 0 aliphatic carbocycles. The van der Waals surface area contributed by atoms with E-state index < -0.39 is 0 Å². The van der Waals surface area contributed by atoms with Gasteiger partial charge in [0.25, 0.3) is 0 Å². The molecule has 1 aromatic rings. The van der Waals surface area contributed by atoms with Gasteiger partial charge < -0.3 is 0 Å². The summed E-state index contributed by atoms with van der Waals surface area (Å²) in [5.41, 5.74) is 5.83. The molecule has 17 heavy (non-hydrogen) atoms. The highest BCUT2D eigenvalue weighted by molar-refractivity contribution is 5.64. The Morgan fingerprint density at radius 2 is 1.71 bits per heavy atom. The molecule has 0 aliphatic heterocycles. The van der Waals surface area contributed by atoms with Crippen LogP contribution < -0.4 is 0 Å². The second kappa shape index (κ2) is 7.68. The maximum Gasteiger partial charge on any atom is 0.0947 e. The van der Waals surface area contributed by atoms with E-state index in [2.05, 4.69) is 39.0 Å². The SMILES string of the molecule is CC.CC/C(C#N)=C\c1c(C)ccc(C)c1C. The lowest BCUT2D eigenvalue weighted by Crippen LogP contribution is -1.91. The number of hydrogen-bond donors (Lipinski definition) is 0. The van der Waals surface area contributed by atoms with Gasteiger partial charge in [-0.2, -0.15) is 5.26 Å². The van der Waals surface area contributed by atoms with Crippen LogP contribution in [0.2, 0.25) is 0 Å². The van der Waals surface area contributed by atoms with Crippen LogP contribution in [0.4, 0.5) is 0 Å². The smallest absolute Gasteiger partial charge is 0.0947 e. The lowest BCUT2D eigenvalue weighted by molar-refractivity contribution is 1.16. The largest absolute Gasteiger partial charge is 0.193 e. The van der Waals surface area contributed by atoms with Gasteiger partial charge >= 0.3 is 0 Å². The van der Waals surface area contributed by atoms with Crippen LogP contribution in [-0.2, 0) is 0 Å². The van der Waals surface area contributed by atoms with Crippen LogP contribution in [-0.4, -0.2) is 0 Å². The molecule has 0 bridgehead atoms. The summed E-state index contributed by atoms with van der Waals surface area (Å²) in [6.45, 7) is 12.3. The third-order valence-electron chi connectivity index (χ3n) is 2.85. The first-order chi connectivity index (χ1) is 8.10. The van der Waals surface area contributed by atoms with Gasteiger partial charge in [-0.3, -0.25) is 0 Å². The zero-order chi connectivity index (χ0) is 13.4. The molecule has 0 amide bonds. The number of nitrogens with zero attached hydrogens (tertiary/aromatic N) is 1. The first-order valence-corrected chi connectivity index (χ1v) is 6.27. The molecule has 0 aromatic heterocycles. The molecule has 0 fully saturated rings. The maximum absolute atomic E-state index is 8.92. The third kappa shape index (κ3) is 4.07. The minimum absolute atomic E-state index is 0.795. The van der Waals surface area contributed by atoms with Gasteiger partial charge in [-0.15, -0.1) is 0 Å². The van der Waals surface area contributed by atoms with Gasteiger partial charge in [0.2, 0.25) is 0 Å². The quantitative estimate of drug-likeness (QED) is 0.658. The summed E-state index contributed by atoms with van der Waals surface area (Å²) in [7, 11) is 0. The highest BCUT2D eigenvalue weighted by Gasteiger charge is 2.03. The summed E-state index contributed by atoms with van der Waals surface area (Å²) in [6, 6.07) is 6.47. The number of allylic oxidation sites excluding steroid dienone is 1. The fourth-order valence-corrected chi connectivity index (χ4v) is 1.58. The van der Waals surface area contributed by atoms with Crippen LogP contribution >= 0.6 is 0 Å². The highest BCUT2D eigenvalue weighted by Crippen LogP contribution is 2.21. The number of aryl methyl sites for hydroxylation is 2. The molecule has 1 heteroatoms. The fourth-order valence-electron chi connectivity index (χ4n) is 1.58. The lowest BCUT2D eigenvalue weighted by Gasteiger charge is -2.08. The average molecular weight is 229 g/mol. The van der Waals surface area contributed by atoms with Crippen molar-refractivity contribution >= 4 is 6.08 Å². The van der Waals surface area contributed by atoms with E-state index in [1.807, 2.05) is 26.8 Å². The summed E-state index contributed by atoms with van der Waals surface area (Å²) in [4.78, 5) is 0. The van der Waals surface area contributed by atoms with Crippen molar-refractivity contribution in [3.8, 4) is 6.07 Å². The molecule has 1 rings (SSSR count). The Bertz CT molecular complexity index is 434. The summed E-state index contributed by atoms with van der Waals surface area (Å²) in [5, 5.41) is 8.92. The Balaban J connectivity index is 0.00000121. The number of rotatable bonds is 2. The second-order valence-corrected chi connectivity index (χ2v) is 3.87. The van der Waals surface area contributed by atoms with Gasteiger partial charge in [-0.25, -0.2) is 0 Å². The normalized spacial score (nSPS) is 10.3. The standard InChI is InChI=1S/C14H17N.C2H6/c1-5-13(9-15)8-14-11(3)7-6-10(2)12(14)4;1-2/h6-8H,5H2,1-4H3;1-2H3/b13-8+;. The maximum atomic E-state index is 8.92. The van der Waals surface area contributed by atoms with Gasteiger partial charge in [-0.05, 0) is 55.5 Å². The van der Waals surface area contributed by atoms with E-state index in [1.165, 1.54) is 22.3 Å². The van der Waals surface area contributed by atoms with Crippen LogP contribution in [0.5, 0.6) is 0 Å². The Morgan fingerprint density at radius 1 is 1.18 bits per heavy atom. The minimum Gasteiger partial charge on any atom is -0.193 e. The van der Waals surface area contributed by atoms with Crippen LogP contribution in [0.3, 0.4) is 0 Å². The van der Waals surface area contributed by atoms with Crippen molar-refractivity contribution in [2.45, 2.75) is 48.0 Å². The lowest BCUT2D eigenvalue weighted by atomic mass is 9.96.